The van der Waals surface area contributed by atoms with Crippen LogP contribution < -0.4 is 21.1 Å². The number of hydrogen-bond donors (Lipinski definition) is 0. The topological polar surface area (TPSA) is 14.2 Å². The van der Waals surface area contributed by atoms with Gasteiger partial charge in [-0.05, 0) is 108 Å². The van der Waals surface area contributed by atoms with Crippen LogP contribution >= 0.6 is 0 Å². The molecule has 0 N–H and O–H groups in total. The van der Waals surface area contributed by atoms with Crippen LogP contribution in [0.15, 0.2) is 78.9 Å². The molecule has 2 heterocycles. The third kappa shape index (κ3) is 4.78. The van der Waals surface area contributed by atoms with Crippen molar-refractivity contribution in [3.8, 4) is 17.2 Å². The first-order valence-electron chi connectivity index (χ1n) is 17.1. The van der Waals surface area contributed by atoms with Crippen LogP contribution in [0.3, 0.4) is 0 Å². The molecule has 7 rings (SSSR count). The molecule has 1 aromatic heterocycles. The Hall–Kier alpha value is -4.24. The van der Waals surface area contributed by atoms with Gasteiger partial charge in [0.1, 0.15) is 11.5 Å². The molecule has 0 saturated carbocycles. The lowest BCUT2D eigenvalue weighted by Crippen LogP contribution is -2.57. The minimum atomic E-state index is 0.0944. The van der Waals surface area contributed by atoms with E-state index < -0.39 is 0 Å². The molecule has 0 bridgehead atoms. The number of nitrogens with zero attached hydrogens (tertiary/aromatic N) is 1. The van der Waals surface area contributed by atoms with Crippen molar-refractivity contribution in [1.29, 1.82) is 0 Å². The van der Waals surface area contributed by atoms with E-state index in [4.69, 9.17) is 4.74 Å². The lowest BCUT2D eigenvalue weighted by atomic mass is 9.34. The summed E-state index contributed by atoms with van der Waals surface area (Å²) in [5, 5.41) is 2.63. The van der Waals surface area contributed by atoms with E-state index >= 15 is 0 Å². The van der Waals surface area contributed by atoms with Crippen LogP contribution in [0.4, 0.5) is 0 Å². The quantitative estimate of drug-likeness (QED) is 0.179. The first kappa shape index (κ1) is 30.4. The van der Waals surface area contributed by atoms with E-state index in [1.54, 1.807) is 0 Å². The second-order valence-corrected chi connectivity index (χ2v) is 14.7. The predicted molar refractivity (Wildman–Crippen MR) is 200 cm³/mol. The summed E-state index contributed by atoms with van der Waals surface area (Å²) < 4.78 is 9.32. The van der Waals surface area contributed by atoms with E-state index in [2.05, 4.69) is 153 Å². The fourth-order valence-corrected chi connectivity index (χ4v) is 8.04. The van der Waals surface area contributed by atoms with E-state index in [0.29, 0.717) is 17.8 Å². The molecule has 1 aliphatic heterocycles. The molecule has 232 valence electrons. The highest BCUT2D eigenvalue weighted by Crippen LogP contribution is 2.38. The lowest BCUT2D eigenvalue weighted by Gasteiger charge is -2.32. The van der Waals surface area contributed by atoms with Gasteiger partial charge in [-0.3, -0.25) is 0 Å². The van der Waals surface area contributed by atoms with Gasteiger partial charge in [0.25, 0.3) is 6.71 Å². The van der Waals surface area contributed by atoms with Gasteiger partial charge in [-0.2, -0.15) is 0 Å². The maximum atomic E-state index is 6.84. The second-order valence-electron chi connectivity index (χ2n) is 14.7. The van der Waals surface area contributed by atoms with Gasteiger partial charge in [0, 0.05) is 22.5 Å². The van der Waals surface area contributed by atoms with Gasteiger partial charge in [-0.15, -0.1) is 0 Å². The summed E-state index contributed by atoms with van der Waals surface area (Å²) in [6, 6.07) is 29.9. The molecule has 3 heteroatoms. The highest BCUT2D eigenvalue weighted by molar-refractivity contribution is 6.97. The number of para-hydroxylation sites is 1. The summed E-state index contributed by atoms with van der Waals surface area (Å²) in [4.78, 5) is 0. The molecule has 0 unspecified atom stereocenters. The number of ether oxygens (including phenoxy) is 1. The summed E-state index contributed by atoms with van der Waals surface area (Å²) in [6.07, 6.45) is 0. The van der Waals surface area contributed by atoms with Gasteiger partial charge in [-0.25, -0.2) is 0 Å². The van der Waals surface area contributed by atoms with Crippen molar-refractivity contribution >= 4 is 44.9 Å². The average molecular weight is 604 g/mol. The minimum Gasteiger partial charge on any atom is -0.458 e. The summed E-state index contributed by atoms with van der Waals surface area (Å²) in [7, 11) is 0. The van der Waals surface area contributed by atoms with Crippen LogP contribution in [0.2, 0.25) is 0 Å². The Morgan fingerprint density at radius 1 is 0.565 bits per heavy atom. The van der Waals surface area contributed by atoms with Gasteiger partial charge < -0.3 is 9.30 Å². The summed E-state index contributed by atoms with van der Waals surface area (Å²) >= 11 is 0. The lowest BCUT2D eigenvalue weighted by molar-refractivity contribution is 0.487. The maximum absolute atomic E-state index is 6.84. The molecule has 0 saturated heterocycles. The summed E-state index contributed by atoms with van der Waals surface area (Å²) in [6.45, 7) is 23.0. The summed E-state index contributed by atoms with van der Waals surface area (Å²) in [5.41, 5.74) is 17.1. The zero-order valence-corrected chi connectivity index (χ0v) is 29.2. The molecule has 46 heavy (non-hydrogen) atoms. The first-order valence-corrected chi connectivity index (χ1v) is 17.1. The number of aryl methyl sites for hydroxylation is 4. The fourth-order valence-electron chi connectivity index (χ4n) is 8.04. The van der Waals surface area contributed by atoms with Crippen molar-refractivity contribution in [2.24, 2.45) is 0 Å². The Balaban J connectivity index is 1.52. The van der Waals surface area contributed by atoms with E-state index in [-0.39, 0.29) is 6.71 Å². The van der Waals surface area contributed by atoms with Crippen LogP contribution in [0, 0.1) is 27.7 Å². The second kappa shape index (κ2) is 11.2. The minimum absolute atomic E-state index is 0.0944. The third-order valence-electron chi connectivity index (χ3n) is 10.1. The Morgan fingerprint density at radius 3 is 1.65 bits per heavy atom. The van der Waals surface area contributed by atoms with Crippen molar-refractivity contribution in [3.05, 3.63) is 118 Å². The zero-order valence-electron chi connectivity index (χ0n) is 29.2. The van der Waals surface area contributed by atoms with Gasteiger partial charge in [-0.1, -0.05) is 107 Å². The first-order chi connectivity index (χ1) is 21.9. The molecule has 0 amide bonds. The zero-order chi connectivity index (χ0) is 32.6. The van der Waals surface area contributed by atoms with E-state index in [1.165, 1.54) is 77.1 Å². The molecule has 0 fully saturated rings. The molecule has 1 aliphatic rings. The number of hydrogen-bond acceptors (Lipinski definition) is 1. The Labute approximate surface area is 275 Å². The van der Waals surface area contributed by atoms with Gasteiger partial charge in [0.2, 0.25) is 0 Å². The monoisotopic (exact) mass is 603 g/mol. The Kier molecular flexibility index (Phi) is 7.43. The molecule has 0 spiro atoms. The normalized spacial score (nSPS) is 12.8. The number of fused-ring (bicyclic) bond motifs is 5. The van der Waals surface area contributed by atoms with Crippen LogP contribution in [0.1, 0.15) is 98.2 Å². The van der Waals surface area contributed by atoms with Crippen LogP contribution in [0.25, 0.3) is 27.5 Å². The Morgan fingerprint density at radius 2 is 1.11 bits per heavy atom. The molecule has 0 radical (unpaired) electrons. The SMILES string of the molecule is Cc1cc(C)c2c(c1)c1cc(C)cc(C)c1n2-c1ccc2c(c1)Oc1ccccc1B2c1c(C(C)C)cc(C(C)C)cc1C(C)C. The molecular weight excluding hydrogens is 557 g/mol. The largest absolute Gasteiger partial charge is 0.458 e. The number of benzene rings is 5. The average Bonchev–Trinajstić information content (AvgIpc) is 3.33. The smallest absolute Gasteiger partial charge is 0.251 e. The van der Waals surface area contributed by atoms with Gasteiger partial charge >= 0.3 is 0 Å². The van der Waals surface area contributed by atoms with Gasteiger partial charge in [0.15, 0.2) is 0 Å². The highest BCUT2D eigenvalue weighted by atomic mass is 16.5. The third-order valence-corrected chi connectivity index (χ3v) is 10.1. The van der Waals surface area contributed by atoms with E-state index in [9.17, 15) is 0 Å². The van der Waals surface area contributed by atoms with Crippen LogP contribution in [-0.4, -0.2) is 11.3 Å². The summed E-state index contributed by atoms with van der Waals surface area (Å²) in [5.74, 6) is 3.18. The van der Waals surface area contributed by atoms with Crippen LogP contribution in [0.5, 0.6) is 11.5 Å². The molecule has 2 nitrogen and oxygen atoms in total. The standard InChI is InChI=1S/C43H46BNO/c1-24(2)31-21-33(25(3)4)41(34(22-31)26(5)6)44-37-13-11-12-14-39(37)46-40-23-32(15-16-38(40)44)45-42-29(9)17-27(7)19-35(42)36-20-28(8)18-30(10)43(36)45/h11-26H,1-10H3. The van der Waals surface area contributed by atoms with E-state index in [0.717, 1.165) is 17.2 Å². The van der Waals surface area contributed by atoms with Crippen molar-refractivity contribution in [3.63, 3.8) is 0 Å². The van der Waals surface area contributed by atoms with Crippen molar-refractivity contribution < 1.29 is 4.74 Å². The maximum Gasteiger partial charge on any atom is 0.251 e. The van der Waals surface area contributed by atoms with Crippen LogP contribution in [-0.2, 0) is 0 Å². The number of rotatable bonds is 5. The fraction of sp³-hybridized carbons (Fsp3) is 0.302. The number of aromatic nitrogens is 1. The Bertz CT molecular complexity index is 2070. The van der Waals surface area contributed by atoms with Crippen molar-refractivity contribution in [1.82, 2.24) is 4.57 Å². The molecule has 6 aromatic rings. The van der Waals surface area contributed by atoms with Crippen molar-refractivity contribution in [2.75, 3.05) is 0 Å². The van der Waals surface area contributed by atoms with Gasteiger partial charge in [0.05, 0.1) is 11.0 Å². The van der Waals surface area contributed by atoms with Crippen molar-refractivity contribution in [2.45, 2.75) is 87.0 Å². The highest BCUT2D eigenvalue weighted by Gasteiger charge is 2.36. The molecule has 0 aliphatic carbocycles. The molecule has 0 atom stereocenters. The predicted octanol–water partition coefficient (Wildman–Crippen LogP) is 10.0. The molecule has 5 aromatic carbocycles. The molecular formula is C43H46BNO. The van der Waals surface area contributed by atoms with E-state index in [1.807, 2.05) is 0 Å².